The minimum atomic E-state index is 0.729. The summed E-state index contributed by atoms with van der Waals surface area (Å²) in [6.07, 6.45) is 8.44. The Bertz CT molecular complexity index is 351. The fraction of sp³-hybridized carbons (Fsp3) is 0.524. The van der Waals surface area contributed by atoms with Crippen molar-refractivity contribution >= 4 is 0 Å². The van der Waals surface area contributed by atoms with Crippen LogP contribution in [-0.2, 0) is 4.74 Å². The van der Waals surface area contributed by atoms with Crippen LogP contribution in [0.25, 0.3) is 0 Å². The molecule has 0 rings (SSSR count). The zero-order valence-electron chi connectivity index (χ0n) is 16.5. The molecule has 0 atom stereocenters. The van der Waals surface area contributed by atoms with Gasteiger partial charge in [0, 0.05) is 6.54 Å². The first-order valence-corrected chi connectivity index (χ1v) is 8.50. The standard InChI is InChI=1S/C13H23NO.C6H10.C2H6/c1-6-12(3)11-13(7-2)15-10-8-9-14(4)5;1-4-6(3)5-2;1-2/h7,11H,2-3,6,8-10H2,1,4-5H3;4H,1,3,5H2,2H3;1-2H3/b13-11+;;. The average molecular weight is 322 g/mol. The number of nitrogens with zero attached hydrogens (tertiary/aromatic N) is 1. The Morgan fingerprint density at radius 3 is 1.78 bits per heavy atom. The fourth-order valence-electron chi connectivity index (χ4n) is 1.18. The highest BCUT2D eigenvalue weighted by Crippen LogP contribution is 2.07. The molecule has 0 saturated heterocycles. The Hall–Kier alpha value is -1.54. The highest BCUT2D eigenvalue weighted by Gasteiger charge is 1.95. The molecule has 0 heterocycles. The summed E-state index contributed by atoms with van der Waals surface area (Å²) in [5, 5.41) is 0. The van der Waals surface area contributed by atoms with Crippen molar-refractivity contribution in [1.29, 1.82) is 0 Å². The lowest BCUT2D eigenvalue weighted by Gasteiger charge is -2.11. The molecule has 0 saturated carbocycles. The topological polar surface area (TPSA) is 12.5 Å². The summed E-state index contributed by atoms with van der Waals surface area (Å²) in [6, 6.07) is 0. The molecule has 2 nitrogen and oxygen atoms in total. The minimum Gasteiger partial charge on any atom is -0.494 e. The van der Waals surface area contributed by atoms with Crippen LogP contribution in [0.5, 0.6) is 0 Å². The SMILES string of the molecule is C=C/C(=C\C(=C)CC)OCCCN(C)C.C=CC(=C)CC.CC. The highest BCUT2D eigenvalue weighted by molar-refractivity contribution is 5.22. The smallest absolute Gasteiger partial charge is 0.118 e. The second kappa shape index (κ2) is 20.5. The van der Waals surface area contributed by atoms with E-state index in [1.165, 1.54) is 0 Å². The van der Waals surface area contributed by atoms with Crippen molar-refractivity contribution in [3.8, 4) is 0 Å². The van der Waals surface area contributed by atoms with E-state index in [1.807, 2.05) is 19.9 Å². The number of allylic oxidation sites excluding steroid dienone is 5. The zero-order valence-corrected chi connectivity index (χ0v) is 16.5. The molecule has 0 aliphatic rings. The lowest BCUT2D eigenvalue weighted by atomic mass is 10.2. The molecule has 0 spiro atoms. The zero-order chi connectivity index (χ0) is 18.7. The molecule has 0 aliphatic carbocycles. The summed E-state index contributed by atoms with van der Waals surface area (Å²) in [4.78, 5) is 2.14. The molecule has 23 heavy (non-hydrogen) atoms. The van der Waals surface area contributed by atoms with Crippen molar-refractivity contribution in [1.82, 2.24) is 4.90 Å². The van der Waals surface area contributed by atoms with Gasteiger partial charge in [-0.15, -0.1) is 0 Å². The van der Waals surface area contributed by atoms with Gasteiger partial charge in [-0.2, -0.15) is 0 Å². The fourth-order valence-corrected chi connectivity index (χ4v) is 1.18. The van der Waals surface area contributed by atoms with Crippen molar-refractivity contribution in [2.75, 3.05) is 27.2 Å². The van der Waals surface area contributed by atoms with Gasteiger partial charge in [0.2, 0.25) is 0 Å². The van der Waals surface area contributed by atoms with Gasteiger partial charge in [0.1, 0.15) is 5.76 Å². The van der Waals surface area contributed by atoms with E-state index < -0.39 is 0 Å². The lowest BCUT2D eigenvalue weighted by Crippen LogP contribution is -2.14. The summed E-state index contributed by atoms with van der Waals surface area (Å²) in [5.41, 5.74) is 2.17. The predicted molar refractivity (Wildman–Crippen MR) is 108 cm³/mol. The van der Waals surface area contributed by atoms with Gasteiger partial charge < -0.3 is 9.64 Å². The Morgan fingerprint density at radius 2 is 1.48 bits per heavy atom. The summed E-state index contributed by atoms with van der Waals surface area (Å²) >= 11 is 0. The number of hydrogen-bond donors (Lipinski definition) is 0. The average Bonchev–Trinajstić information content (AvgIpc) is 2.58. The van der Waals surface area contributed by atoms with E-state index >= 15 is 0 Å². The van der Waals surface area contributed by atoms with Crippen molar-refractivity contribution in [2.24, 2.45) is 0 Å². The number of hydrogen-bond acceptors (Lipinski definition) is 2. The molecule has 2 heteroatoms. The Labute approximate surface area is 145 Å². The van der Waals surface area contributed by atoms with Crippen molar-refractivity contribution < 1.29 is 4.74 Å². The van der Waals surface area contributed by atoms with Crippen LogP contribution in [0.15, 0.2) is 61.4 Å². The molecule has 0 bridgehead atoms. The van der Waals surface area contributed by atoms with Gasteiger partial charge in [0.05, 0.1) is 6.61 Å². The van der Waals surface area contributed by atoms with Gasteiger partial charge in [-0.05, 0) is 45.5 Å². The van der Waals surface area contributed by atoms with Crippen LogP contribution in [0.1, 0.15) is 47.0 Å². The summed E-state index contributed by atoms with van der Waals surface area (Å²) in [7, 11) is 4.12. The highest BCUT2D eigenvalue weighted by atomic mass is 16.5. The molecule has 0 N–H and O–H groups in total. The molecule has 0 aromatic carbocycles. The first-order valence-electron chi connectivity index (χ1n) is 8.50. The van der Waals surface area contributed by atoms with Crippen LogP contribution >= 0.6 is 0 Å². The molecule has 0 aliphatic heterocycles. The van der Waals surface area contributed by atoms with Crippen LogP contribution in [0.3, 0.4) is 0 Å². The van der Waals surface area contributed by atoms with Crippen molar-refractivity contribution in [3.63, 3.8) is 0 Å². The molecule has 0 amide bonds. The van der Waals surface area contributed by atoms with E-state index in [9.17, 15) is 0 Å². The quantitative estimate of drug-likeness (QED) is 0.271. The van der Waals surface area contributed by atoms with Crippen LogP contribution in [0.2, 0.25) is 0 Å². The van der Waals surface area contributed by atoms with E-state index in [4.69, 9.17) is 4.74 Å². The van der Waals surface area contributed by atoms with Crippen LogP contribution < -0.4 is 0 Å². The van der Waals surface area contributed by atoms with E-state index in [2.05, 4.69) is 59.2 Å². The van der Waals surface area contributed by atoms with E-state index in [0.717, 1.165) is 49.3 Å². The third-order valence-corrected chi connectivity index (χ3v) is 2.76. The Balaban J connectivity index is -0.000000418. The monoisotopic (exact) mass is 321 g/mol. The predicted octanol–water partition coefficient (Wildman–Crippen LogP) is 6.16. The summed E-state index contributed by atoms with van der Waals surface area (Å²) < 4.78 is 5.57. The maximum absolute atomic E-state index is 5.57. The minimum absolute atomic E-state index is 0.729. The molecular formula is C21H39NO. The van der Waals surface area contributed by atoms with Crippen LogP contribution in [0.4, 0.5) is 0 Å². The van der Waals surface area contributed by atoms with Crippen LogP contribution in [-0.4, -0.2) is 32.1 Å². The third kappa shape index (κ3) is 22.9. The molecule has 134 valence electrons. The van der Waals surface area contributed by atoms with Gasteiger partial charge in [0.15, 0.2) is 0 Å². The van der Waals surface area contributed by atoms with Gasteiger partial charge in [-0.25, -0.2) is 0 Å². The molecular weight excluding hydrogens is 282 g/mol. The first-order chi connectivity index (χ1) is 10.9. The summed E-state index contributed by atoms with van der Waals surface area (Å²) in [6.45, 7) is 24.7. The Kier molecular flexibility index (Phi) is 23.5. The second-order valence-corrected chi connectivity index (χ2v) is 4.98. The normalized spacial score (nSPS) is 9.78. The van der Waals surface area contributed by atoms with Crippen molar-refractivity contribution in [3.05, 3.63) is 61.4 Å². The summed E-state index contributed by atoms with van der Waals surface area (Å²) in [5.74, 6) is 0.820. The number of ether oxygens (including phenoxy) is 1. The Morgan fingerprint density at radius 1 is 0.957 bits per heavy atom. The van der Waals surface area contributed by atoms with Gasteiger partial charge in [-0.1, -0.05) is 71.2 Å². The third-order valence-electron chi connectivity index (χ3n) is 2.76. The van der Waals surface area contributed by atoms with E-state index in [-0.39, 0.29) is 0 Å². The molecule has 0 aromatic heterocycles. The first kappa shape index (κ1) is 26.4. The second-order valence-electron chi connectivity index (χ2n) is 4.98. The molecule has 0 radical (unpaired) electrons. The van der Waals surface area contributed by atoms with Crippen LogP contribution in [0, 0.1) is 0 Å². The lowest BCUT2D eigenvalue weighted by molar-refractivity contribution is 0.207. The van der Waals surface area contributed by atoms with E-state index in [1.54, 1.807) is 12.2 Å². The van der Waals surface area contributed by atoms with Gasteiger partial charge in [-0.3, -0.25) is 0 Å². The molecule has 0 aromatic rings. The maximum Gasteiger partial charge on any atom is 0.118 e. The van der Waals surface area contributed by atoms with Gasteiger partial charge >= 0.3 is 0 Å². The van der Waals surface area contributed by atoms with Crippen molar-refractivity contribution in [2.45, 2.75) is 47.0 Å². The molecule has 0 unspecified atom stereocenters. The largest absolute Gasteiger partial charge is 0.494 e. The van der Waals surface area contributed by atoms with E-state index in [0.29, 0.717) is 0 Å². The van der Waals surface area contributed by atoms with Gasteiger partial charge in [0.25, 0.3) is 0 Å². The maximum atomic E-state index is 5.57. The number of rotatable bonds is 10. The molecule has 0 fully saturated rings.